The fourth-order valence-corrected chi connectivity index (χ4v) is 2.37. The molecule has 4 nitrogen and oxygen atoms in total. The lowest BCUT2D eigenvalue weighted by atomic mass is 10.1. The third-order valence-corrected chi connectivity index (χ3v) is 4.03. The lowest BCUT2D eigenvalue weighted by molar-refractivity contribution is -0.121. The van der Waals surface area contributed by atoms with Gasteiger partial charge in [0.1, 0.15) is 11.6 Å². The second-order valence-electron chi connectivity index (χ2n) is 5.60. The van der Waals surface area contributed by atoms with Crippen LogP contribution in [0.2, 0.25) is 0 Å². The van der Waals surface area contributed by atoms with Crippen molar-refractivity contribution in [1.82, 2.24) is 15.1 Å². The summed E-state index contributed by atoms with van der Waals surface area (Å²) in [6.45, 7) is 7.02. The Bertz CT molecular complexity index is 710. The summed E-state index contributed by atoms with van der Waals surface area (Å²) in [6.07, 6.45) is 0.412. The molecule has 0 aliphatic carbocycles. The molecule has 0 aliphatic heterocycles. The summed E-state index contributed by atoms with van der Waals surface area (Å²) < 4.78 is 28.2. The highest BCUT2D eigenvalue weighted by molar-refractivity contribution is 5.76. The molecule has 23 heavy (non-hydrogen) atoms. The van der Waals surface area contributed by atoms with E-state index < -0.39 is 11.6 Å². The van der Waals surface area contributed by atoms with Crippen molar-refractivity contribution in [3.63, 3.8) is 0 Å². The Labute approximate surface area is 134 Å². The first-order valence-electron chi connectivity index (χ1n) is 7.59. The number of aromatic nitrogens is 2. The number of halogens is 2. The Kier molecular flexibility index (Phi) is 5.47. The lowest BCUT2D eigenvalue weighted by Crippen LogP contribution is -2.28. The summed E-state index contributed by atoms with van der Waals surface area (Å²) in [7, 11) is 0. The van der Waals surface area contributed by atoms with E-state index in [2.05, 4.69) is 10.4 Å². The molecule has 124 valence electrons. The number of carbonyl (C=O) groups is 1. The lowest BCUT2D eigenvalue weighted by Gasteiger charge is -2.08. The molecule has 1 amide bonds. The van der Waals surface area contributed by atoms with Gasteiger partial charge in [-0.1, -0.05) is 6.07 Å². The van der Waals surface area contributed by atoms with Crippen LogP contribution in [0.1, 0.15) is 28.9 Å². The monoisotopic (exact) mass is 321 g/mol. The van der Waals surface area contributed by atoms with Crippen molar-refractivity contribution in [3.8, 4) is 0 Å². The highest BCUT2D eigenvalue weighted by atomic mass is 19.1. The highest BCUT2D eigenvalue weighted by Crippen LogP contribution is 2.12. The van der Waals surface area contributed by atoms with E-state index in [0.29, 0.717) is 18.7 Å². The Balaban J connectivity index is 1.78. The molecule has 0 spiro atoms. The van der Waals surface area contributed by atoms with Gasteiger partial charge in [-0.15, -0.1) is 0 Å². The van der Waals surface area contributed by atoms with Crippen LogP contribution in [0, 0.1) is 32.4 Å². The van der Waals surface area contributed by atoms with Gasteiger partial charge in [0.2, 0.25) is 5.91 Å². The maximum Gasteiger partial charge on any atom is 0.220 e. The first-order valence-corrected chi connectivity index (χ1v) is 7.59. The van der Waals surface area contributed by atoms with E-state index in [4.69, 9.17) is 0 Å². The topological polar surface area (TPSA) is 46.9 Å². The van der Waals surface area contributed by atoms with Crippen LogP contribution >= 0.6 is 0 Å². The van der Waals surface area contributed by atoms with E-state index in [0.717, 1.165) is 23.0 Å². The molecule has 2 aromatic rings. The fourth-order valence-electron chi connectivity index (χ4n) is 2.37. The highest BCUT2D eigenvalue weighted by Gasteiger charge is 2.09. The zero-order chi connectivity index (χ0) is 17.0. The van der Waals surface area contributed by atoms with Crippen LogP contribution in [0.25, 0.3) is 0 Å². The molecule has 0 saturated heterocycles. The summed E-state index contributed by atoms with van der Waals surface area (Å²) in [4.78, 5) is 11.8. The number of rotatable bonds is 6. The van der Waals surface area contributed by atoms with Crippen molar-refractivity contribution in [3.05, 3.63) is 52.3 Å². The molecular weight excluding hydrogens is 300 g/mol. The van der Waals surface area contributed by atoms with Gasteiger partial charge in [-0.2, -0.15) is 5.10 Å². The van der Waals surface area contributed by atoms with Crippen molar-refractivity contribution >= 4 is 5.91 Å². The minimum absolute atomic E-state index is 0.160. The average Bonchev–Trinajstić information content (AvgIpc) is 2.74. The van der Waals surface area contributed by atoms with E-state index in [9.17, 15) is 13.6 Å². The van der Waals surface area contributed by atoms with Crippen molar-refractivity contribution in [2.75, 3.05) is 6.54 Å². The predicted molar refractivity (Wildman–Crippen MR) is 84.1 cm³/mol. The molecule has 1 aromatic heterocycles. The van der Waals surface area contributed by atoms with Crippen molar-refractivity contribution in [2.24, 2.45) is 0 Å². The first-order chi connectivity index (χ1) is 10.9. The van der Waals surface area contributed by atoms with Crippen LogP contribution in [0.3, 0.4) is 0 Å². The van der Waals surface area contributed by atoms with Gasteiger partial charge in [0.25, 0.3) is 0 Å². The molecule has 0 aliphatic rings. The molecule has 0 saturated carbocycles. The Morgan fingerprint density at radius 2 is 2.00 bits per heavy atom. The number of carbonyl (C=O) groups excluding carboxylic acids is 1. The standard InChI is InChI=1S/C17H21F2N3O/c1-11-12(2)21-22(13(11)3)9-8-20-17(23)7-5-14-4-6-15(18)10-16(14)19/h4,6,10H,5,7-9H2,1-3H3,(H,20,23). The van der Waals surface area contributed by atoms with Crippen LogP contribution in [0.5, 0.6) is 0 Å². The van der Waals surface area contributed by atoms with Gasteiger partial charge >= 0.3 is 0 Å². The molecule has 0 atom stereocenters. The normalized spacial score (nSPS) is 10.8. The number of nitrogens with one attached hydrogen (secondary N) is 1. The smallest absolute Gasteiger partial charge is 0.220 e. The summed E-state index contributed by atoms with van der Waals surface area (Å²) in [6, 6.07) is 3.40. The van der Waals surface area contributed by atoms with Crippen molar-refractivity contribution in [2.45, 2.75) is 40.2 Å². The van der Waals surface area contributed by atoms with Gasteiger partial charge < -0.3 is 5.32 Å². The quantitative estimate of drug-likeness (QED) is 0.889. The summed E-state index contributed by atoms with van der Waals surface area (Å²) in [5, 5.41) is 7.19. The molecule has 0 bridgehead atoms. The first kappa shape index (κ1) is 17.1. The van der Waals surface area contributed by atoms with Gasteiger partial charge in [0, 0.05) is 24.7 Å². The van der Waals surface area contributed by atoms with E-state index in [1.54, 1.807) is 0 Å². The Morgan fingerprint density at radius 1 is 1.26 bits per heavy atom. The van der Waals surface area contributed by atoms with Crippen molar-refractivity contribution in [1.29, 1.82) is 0 Å². The van der Waals surface area contributed by atoms with Gasteiger partial charge in [0.15, 0.2) is 0 Å². The molecule has 0 fully saturated rings. The number of hydrogen-bond acceptors (Lipinski definition) is 2. The maximum absolute atomic E-state index is 13.5. The molecule has 1 aromatic carbocycles. The van der Waals surface area contributed by atoms with Gasteiger partial charge in [-0.05, 0) is 44.4 Å². The molecule has 6 heteroatoms. The van der Waals surface area contributed by atoms with Crippen LogP contribution in [0.15, 0.2) is 18.2 Å². The largest absolute Gasteiger partial charge is 0.354 e. The van der Waals surface area contributed by atoms with Crippen LogP contribution < -0.4 is 5.32 Å². The summed E-state index contributed by atoms with van der Waals surface area (Å²) >= 11 is 0. The Morgan fingerprint density at radius 3 is 2.61 bits per heavy atom. The maximum atomic E-state index is 13.5. The second-order valence-corrected chi connectivity index (χ2v) is 5.60. The molecule has 1 heterocycles. The average molecular weight is 321 g/mol. The van der Waals surface area contributed by atoms with Crippen LogP contribution in [-0.4, -0.2) is 22.2 Å². The second kappa shape index (κ2) is 7.35. The zero-order valence-corrected chi connectivity index (χ0v) is 13.6. The molecule has 2 rings (SSSR count). The van der Waals surface area contributed by atoms with Gasteiger partial charge in [-0.3, -0.25) is 9.48 Å². The molecule has 0 unspecified atom stereocenters. The number of aryl methyl sites for hydroxylation is 2. The van der Waals surface area contributed by atoms with Crippen LogP contribution in [-0.2, 0) is 17.8 Å². The number of hydrogen-bond donors (Lipinski definition) is 1. The van der Waals surface area contributed by atoms with E-state index in [1.165, 1.54) is 12.1 Å². The van der Waals surface area contributed by atoms with Gasteiger partial charge in [-0.25, -0.2) is 8.78 Å². The SMILES string of the molecule is Cc1nn(CCNC(=O)CCc2ccc(F)cc2F)c(C)c1C. The van der Waals surface area contributed by atoms with Crippen molar-refractivity contribution < 1.29 is 13.6 Å². The zero-order valence-electron chi connectivity index (χ0n) is 13.6. The fraction of sp³-hybridized carbons (Fsp3) is 0.412. The molecule has 1 N–H and O–H groups in total. The van der Waals surface area contributed by atoms with E-state index >= 15 is 0 Å². The predicted octanol–water partition coefficient (Wildman–Crippen LogP) is 2.84. The third kappa shape index (κ3) is 4.37. The number of nitrogens with zero attached hydrogens (tertiary/aromatic N) is 2. The molecule has 0 radical (unpaired) electrons. The van der Waals surface area contributed by atoms with Gasteiger partial charge in [0.05, 0.1) is 12.2 Å². The summed E-state index contributed by atoms with van der Waals surface area (Å²) in [5.74, 6) is -1.39. The van der Waals surface area contributed by atoms with E-state index in [-0.39, 0.29) is 18.7 Å². The molecular formula is C17H21F2N3O. The Hall–Kier alpha value is -2.24. The minimum atomic E-state index is -0.615. The minimum Gasteiger partial charge on any atom is -0.354 e. The number of amides is 1. The summed E-state index contributed by atoms with van der Waals surface area (Å²) in [5.41, 5.74) is 3.57. The number of benzene rings is 1. The third-order valence-electron chi connectivity index (χ3n) is 4.03. The van der Waals surface area contributed by atoms with Crippen LogP contribution in [0.4, 0.5) is 8.78 Å². The van der Waals surface area contributed by atoms with E-state index in [1.807, 2.05) is 25.5 Å².